The molecule has 1 heterocycles. The summed E-state index contributed by atoms with van der Waals surface area (Å²) in [6, 6.07) is 9.81. The first kappa shape index (κ1) is 11.4. The van der Waals surface area contributed by atoms with Crippen molar-refractivity contribution in [2.24, 2.45) is 7.05 Å². The van der Waals surface area contributed by atoms with Crippen molar-refractivity contribution in [3.8, 4) is 0 Å². The summed E-state index contributed by atoms with van der Waals surface area (Å²) in [6.45, 7) is 2.40. The van der Waals surface area contributed by atoms with Crippen molar-refractivity contribution >= 4 is 5.91 Å². The van der Waals surface area contributed by atoms with Crippen LogP contribution in [0.25, 0.3) is 0 Å². The summed E-state index contributed by atoms with van der Waals surface area (Å²) >= 11 is 0. The average molecular weight is 229 g/mol. The predicted molar refractivity (Wildman–Crippen MR) is 65.6 cm³/mol. The SMILES string of the molecule is Cc1cn(C)nc1C(=O)NCc1ccccc1. The van der Waals surface area contributed by atoms with Crippen molar-refractivity contribution in [1.82, 2.24) is 15.1 Å². The molecule has 88 valence electrons. The second kappa shape index (κ2) is 4.82. The highest BCUT2D eigenvalue weighted by Crippen LogP contribution is 2.04. The molecule has 0 saturated carbocycles. The minimum absolute atomic E-state index is 0.132. The Kier molecular flexibility index (Phi) is 3.23. The number of hydrogen-bond donors (Lipinski definition) is 1. The standard InChI is InChI=1S/C13H15N3O/c1-10-9-16(2)15-12(10)13(17)14-8-11-6-4-3-5-7-11/h3-7,9H,8H2,1-2H3,(H,14,17). The summed E-state index contributed by atoms with van der Waals surface area (Å²) in [7, 11) is 1.81. The van der Waals surface area contributed by atoms with E-state index in [0.717, 1.165) is 11.1 Å². The highest BCUT2D eigenvalue weighted by atomic mass is 16.1. The first-order valence-corrected chi connectivity index (χ1v) is 5.49. The molecule has 1 aromatic carbocycles. The van der Waals surface area contributed by atoms with Crippen LogP contribution in [0.15, 0.2) is 36.5 Å². The Hall–Kier alpha value is -2.10. The first-order valence-electron chi connectivity index (χ1n) is 5.49. The molecule has 1 N–H and O–H groups in total. The molecule has 0 fully saturated rings. The molecule has 0 saturated heterocycles. The Balaban J connectivity index is 2.01. The molecule has 0 bridgehead atoms. The zero-order valence-corrected chi connectivity index (χ0v) is 9.97. The van der Waals surface area contributed by atoms with Crippen LogP contribution in [0.2, 0.25) is 0 Å². The Labute approximate surface area is 100 Å². The van der Waals surface area contributed by atoms with Crippen molar-refractivity contribution in [2.75, 3.05) is 0 Å². The Morgan fingerprint density at radius 2 is 2.06 bits per heavy atom. The lowest BCUT2D eigenvalue weighted by Crippen LogP contribution is -2.24. The maximum atomic E-state index is 11.9. The van der Waals surface area contributed by atoms with Gasteiger partial charge in [-0.05, 0) is 12.5 Å². The summed E-state index contributed by atoms with van der Waals surface area (Å²) < 4.78 is 1.65. The van der Waals surface area contributed by atoms with Gasteiger partial charge < -0.3 is 5.32 Å². The zero-order valence-electron chi connectivity index (χ0n) is 9.97. The van der Waals surface area contributed by atoms with Gasteiger partial charge in [0.25, 0.3) is 5.91 Å². The quantitative estimate of drug-likeness (QED) is 0.870. The lowest BCUT2D eigenvalue weighted by molar-refractivity contribution is 0.0944. The summed E-state index contributed by atoms with van der Waals surface area (Å²) in [6.07, 6.45) is 1.83. The number of benzene rings is 1. The van der Waals surface area contributed by atoms with Gasteiger partial charge in [0.05, 0.1) is 0 Å². The fourth-order valence-corrected chi connectivity index (χ4v) is 1.69. The zero-order chi connectivity index (χ0) is 12.3. The normalized spacial score (nSPS) is 10.2. The van der Waals surface area contributed by atoms with Crippen LogP contribution in [-0.2, 0) is 13.6 Å². The Bertz CT molecular complexity index is 517. The third kappa shape index (κ3) is 2.72. The summed E-state index contributed by atoms with van der Waals surface area (Å²) in [5.74, 6) is -0.132. The van der Waals surface area contributed by atoms with Gasteiger partial charge in [0.1, 0.15) is 0 Å². The molecular weight excluding hydrogens is 214 g/mol. The Morgan fingerprint density at radius 3 is 2.65 bits per heavy atom. The molecule has 0 radical (unpaired) electrons. The highest BCUT2D eigenvalue weighted by molar-refractivity contribution is 5.93. The minimum atomic E-state index is -0.132. The molecule has 17 heavy (non-hydrogen) atoms. The Morgan fingerprint density at radius 1 is 1.35 bits per heavy atom. The van der Waals surface area contributed by atoms with Gasteiger partial charge in [0.2, 0.25) is 0 Å². The molecule has 0 aliphatic rings. The third-order valence-electron chi connectivity index (χ3n) is 2.52. The topological polar surface area (TPSA) is 46.9 Å². The molecule has 0 unspecified atom stereocenters. The second-order valence-electron chi connectivity index (χ2n) is 4.00. The molecule has 0 aliphatic heterocycles. The van der Waals surface area contributed by atoms with E-state index in [9.17, 15) is 4.79 Å². The number of nitrogens with zero attached hydrogens (tertiary/aromatic N) is 2. The molecule has 1 amide bonds. The highest BCUT2D eigenvalue weighted by Gasteiger charge is 2.12. The lowest BCUT2D eigenvalue weighted by Gasteiger charge is -2.03. The summed E-state index contributed by atoms with van der Waals surface area (Å²) in [4.78, 5) is 11.9. The molecule has 0 spiro atoms. The van der Waals surface area contributed by atoms with Gasteiger partial charge in [-0.15, -0.1) is 0 Å². The number of hydrogen-bond acceptors (Lipinski definition) is 2. The van der Waals surface area contributed by atoms with E-state index in [1.807, 2.05) is 43.5 Å². The van der Waals surface area contributed by atoms with Gasteiger partial charge in [-0.1, -0.05) is 30.3 Å². The van der Waals surface area contributed by atoms with Crippen LogP contribution in [0.5, 0.6) is 0 Å². The molecule has 2 rings (SSSR count). The van der Waals surface area contributed by atoms with E-state index in [2.05, 4.69) is 10.4 Å². The molecule has 4 heteroatoms. The van der Waals surface area contributed by atoms with Crippen LogP contribution in [0.1, 0.15) is 21.6 Å². The van der Waals surface area contributed by atoms with Crippen LogP contribution in [0.4, 0.5) is 0 Å². The van der Waals surface area contributed by atoms with Crippen LogP contribution in [0, 0.1) is 6.92 Å². The van der Waals surface area contributed by atoms with Crippen LogP contribution < -0.4 is 5.32 Å². The van der Waals surface area contributed by atoms with Crippen LogP contribution in [-0.4, -0.2) is 15.7 Å². The first-order chi connectivity index (χ1) is 8.16. The number of aromatic nitrogens is 2. The van der Waals surface area contributed by atoms with E-state index in [0.29, 0.717) is 12.2 Å². The molecular formula is C13H15N3O. The van der Waals surface area contributed by atoms with E-state index in [4.69, 9.17) is 0 Å². The van der Waals surface area contributed by atoms with Gasteiger partial charge in [-0.3, -0.25) is 9.48 Å². The largest absolute Gasteiger partial charge is 0.347 e. The van der Waals surface area contributed by atoms with Gasteiger partial charge in [0, 0.05) is 25.4 Å². The maximum Gasteiger partial charge on any atom is 0.272 e. The van der Waals surface area contributed by atoms with E-state index in [1.54, 1.807) is 11.7 Å². The van der Waals surface area contributed by atoms with Crippen LogP contribution >= 0.6 is 0 Å². The molecule has 0 aliphatic carbocycles. The second-order valence-corrected chi connectivity index (χ2v) is 4.00. The molecule has 2 aromatic rings. The van der Waals surface area contributed by atoms with Crippen molar-refractivity contribution in [3.05, 3.63) is 53.3 Å². The number of nitrogens with one attached hydrogen (secondary N) is 1. The summed E-state index contributed by atoms with van der Waals surface area (Å²) in [5.41, 5.74) is 2.45. The monoisotopic (exact) mass is 229 g/mol. The van der Waals surface area contributed by atoms with Crippen molar-refractivity contribution in [3.63, 3.8) is 0 Å². The molecule has 0 atom stereocenters. The van der Waals surface area contributed by atoms with Crippen molar-refractivity contribution in [1.29, 1.82) is 0 Å². The van der Waals surface area contributed by atoms with Gasteiger partial charge >= 0.3 is 0 Å². The van der Waals surface area contributed by atoms with Crippen molar-refractivity contribution < 1.29 is 4.79 Å². The van der Waals surface area contributed by atoms with Gasteiger partial charge in [0.15, 0.2) is 5.69 Å². The number of carbonyl (C=O) groups is 1. The van der Waals surface area contributed by atoms with E-state index >= 15 is 0 Å². The fourth-order valence-electron chi connectivity index (χ4n) is 1.69. The molecule has 1 aromatic heterocycles. The number of carbonyl (C=O) groups excluding carboxylic acids is 1. The third-order valence-corrected chi connectivity index (χ3v) is 2.52. The predicted octanol–water partition coefficient (Wildman–Crippen LogP) is 1.66. The van der Waals surface area contributed by atoms with Crippen LogP contribution in [0.3, 0.4) is 0 Å². The van der Waals surface area contributed by atoms with E-state index in [-0.39, 0.29) is 5.91 Å². The summed E-state index contributed by atoms with van der Waals surface area (Å²) in [5, 5.41) is 6.98. The number of rotatable bonds is 3. The minimum Gasteiger partial charge on any atom is -0.347 e. The van der Waals surface area contributed by atoms with E-state index in [1.165, 1.54) is 0 Å². The van der Waals surface area contributed by atoms with Crippen molar-refractivity contribution in [2.45, 2.75) is 13.5 Å². The van der Waals surface area contributed by atoms with Gasteiger partial charge in [-0.25, -0.2) is 0 Å². The smallest absolute Gasteiger partial charge is 0.272 e. The number of amides is 1. The van der Waals surface area contributed by atoms with E-state index < -0.39 is 0 Å². The lowest BCUT2D eigenvalue weighted by atomic mass is 10.2. The van der Waals surface area contributed by atoms with Gasteiger partial charge in [-0.2, -0.15) is 5.10 Å². The average Bonchev–Trinajstić information content (AvgIpc) is 2.67. The molecule has 4 nitrogen and oxygen atoms in total. The number of aryl methyl sites for hydroxylation is 2. The maximum absolute atomic E-state index is 11.9. The fraction of sp³-hybridized carbons (Fsp3) is 0.231.